The summed E-state index contributed by atoms with van der Waals surface area (Å²) < 4.78 is 0. The van der Waals surface area contributed by atoms with Gasteiger partial charge in [-0.2, -0.15) is 0 Å². The molecule has 1 fully saturated rings. The molecule has 2 N–H and O–H groups in total. The summed E-state index contributed by atoms with van der Waals surface area (Å²) >= 11 is 0. The Hall–Kier alpha value is -1.10. The first-order valence-electron chi connectivity index (χ1n) is 6.79. The van der Waals surface area contributed by atoms with Gasteiger partial charge in [0.2, 0.25) is 11.8 Å². The van der Waals surface area contributed by atoms with Gasteiger partial charge in [-0.25, -0.2) is 0 Å². The van der Waals surface area contributed by atoms with Crippen molar-refractivity contribution in [3.63, 3.8) is 0 Å². The van der Waals surface area contributed by atoms with Crippen molar-refractivity contribution in [2.24, 2.45) is 0 Å². The molecule has 1 heterocycles. The predicted molar refractivity (Wildman–Crippen MR) is 71.2 cm³/mol. The van der Waals surface area contributed by atoms with Gasteiger partial charge in [0, 0.05) is 13.1 Å². The SMILES string of the molecule is CCN(CC)C(=O)C(C)NC(=O)C1(C)CCCN1. The van der Waals surface area contributed by atoms with E-state index in [4.69, 9.17) is 0 Å². The van der Waals surface area contributed by atoms with E-state index in [9.17, 15) is 9.59 Å². The van der Waals surface area contributed by atoms with E-state index in [2.05, 4.69) is 10.6 Å². The van der Waals surface area contributed by atoms with Crippen LogP contribution in [0.25, 0.3) is 0 Å². The summed E-state index contributed by atoms with van der Waals surface area (Å²) in [4.78, 5) is 25.9. The van der Waals surface area contributed by atoms with Crippen LogP contribution in [-0.4, -0.2) is 47.9 Å². The molecule has 2 atom stereocenters. The second-order valence-corrected chi connectivity index (χ2v) is 5.07. The van der Waals surface area contributed by atoms with Gasteiger partial charge in [0.1, 0.15) is 6.04 Å². The molecule has 5 heteroatoms. The average molecular weight is 255 g/mol. The maximum absolute atomic E-state index is 12.1. The van der Waals surface area contributed by atoms with Gasteiger partial charge in [0.05, 0.1) is 5.54 Å². The van der Waals surface area contributed by atoms with Crippen molar-refractivity contribution < 1.29 is 9.59 Å². The third-order valence-electron chi connectivity index (χ3n) is 3.66. The van der Waals surface area contributed by atoms with Crippen LogP contribution in [0.15, 0.2) is 0 Å². The molecule has 18 heavy (non-hydrogen) atoms. The smallest absolute Gasteiger partial charge is 0.244 e. The topological polar surface area (TPSA) is 61.4 Å². The lowest BCUT2D eigenvalue weighted by atomic mass is 9.99. The van der Waals surface area contributed by atoms with Crippen LogP contribution >= 0.6 is 0 Å². The summed E-state index contributed by atoms with van der Waals surface area (Å²) in [6, 6.07) is -0.461. The van der Waals surface area contributed by atoms with Gasteiger partial charge in [0.15, 0.2) is 0 Å². The normalized spacial score (nSPS) is 24.7. The monoisotopic (exact) mass is 255 g/mol. The largest absolute Gasteiger partial charge is 0.343 e. The first-order valence-corrected chi connectivity index (χ1v) is 6.79. The Bertz CT molecular complexity index is 307. The molecule has 2 amide bonds. The fraction of sp³-hybridized carbons (Fsp3) is 0.846. The first-order chi connectivity index (χ1) is 8.44. The van der Waals surface area contributed by atoms with Crippen LogP contribution in [0.1, 0.15) is 40.5 Å². The Labute approximate surface area is 109 Å². The van der Waals surface area contributed by atoms with Gasteiger partial charge in [-0.05, 0) is 47.1 Å². The summed E-state index contributed by atoms with van der Waals surface area (Å²) in [5.74, 6) is -0.0945. The van der Waals surface area contributed by atoms with Crippen LogP contribution in [-0.2, 0) is 9.59 Å². The number of carbonyl (C=O) groups is 2. The fourth-order valence-corrected chi connectivity index (χ4v) is 2.32. The van der Waals surface area contributed by atoms with Crippen LogP contribution in [0.3, 0.4) is 0 Å². The Morgan fingerprint density at radius 2 is 2.00 bits per heavy atom. The standard InChI is InChI=1S/C13H25N3O2/c1-5-16(6-2)11(17)10(3)15-12(18)13(4)8-7-9-14-13/h10,14H,5-9H2,1-4H3,(H,15,18). The van der Waals surface area contributed by atoms with E-state index in [-0.39, 0.29) is 11.8 Å². The number of hydrogen-bond acceptors (Lipinski definition) is 3. The van der Waals surface area contributed by atoms with Crippen LogP contribution < -0.4 is 10.6 Å². The third kappa shape index (κ3) is 3.22. The molecule has 2 unspecified atom stereocenters. The molecule has 0 aliphatic carbocycles. The highest BCUT2D eigenvalue weighted by Gasteiger charge is 2.37. The minimum atomic E-state index is -0.516. The van der Waals surface area contributed by atoms with Crippen molar-refractivity contribution in [3.8, 4) is 0 Å². The molecule has 0 spiro atoms. The van der Waals surface area contributed by atoms with Gasteiger partial charge >= 0.3 is 0 Å². The zero-order valence-corrected chi connectivity index (χ0v) is 11.9. The Morgan fingerprint density at radius 1 is 1.39 bits per heavy atom. The van der Waals surface area contributed by atoms with E-state index < -0.39 is 11.6 Å². The predicted octanol–water partition coefficient (Wildman–Crippen LogP) is 0.502. The Balaban J connectivity index is 2.56. The first kappa shape index (κ1) is 15.0. The summed E-state index contributed by atoms with van der Waals surface area (Å²) in [7, 11) is 0. The van der Waals surface area contributed by atoms with Crippen molar-refractivity contribution in [1.29, 1.82) is 0 Å². The summed E-state index contributed by atoms with van der Waals surface area (Å²) in [5.41, 5.74) is -0.516. The maximum Gasteiger partial charge on any atom is 0.244 e. The molecule has 1 aliphatic rings. The van der Waals surface area contributed by atoms with Crippen LogP contribution in [0.4, 0.5) is 0 Å². The van der Waals surface area contributed by atoms with Gasteiger partial charge < -0.3 is 15.5 Å². The van der Waals surface area contributed by atoms with Gasteiger partial charge in [-0.15, -0.1) is 0 Å². The van der Waals surface area contributed by atoms with E-state index in [0.717, 1.165) is 19.4 Å². The highest BCUT2D eigenvalue weighted by molar-refractivity contribution is 5.91. The number of amides is 2. The minimum absolute atomic E-state index is 0.0186. The van der Waals surface area contributed by atoms with Crippen LogP contribution in [0.5, 0.6) is 0 Å². The lowest BCUT2D eigenvalue weighted by molar-refractivity contribution is -0.137. The summed E-state index contributed by atoms with van der Waals surface area (Å²) in [5, 5.41) is 6.02. The molecular weight excluding hydrogens is 230 g/mol. The minimum Gasteiger partial charge on any atom is -0.343 e. The average Bonchev–Trinajstić information content (AvgIpc) is 2.78. The molecule has 0 aromatic heterocycles. The van der Waals surface area contributed by atoms with Crippen molar-refractivity contribution in [2.45, 2.75) is 52.1 Å². The quantitative estimate of drug-likeness (QED) is 0.752. The summed E-state index contributed by atoms with van der Waals surface area (Å²) in [6.45, 7) is 9.73. The number of carbonyl (C=O) groups excluding carboxylic acids is 2. The van der Waals surface area contributed by atoms with E-state index >= 15 is 0 Å². The molecule has 0 aromatic carbocycles. The number of nitrogens with zero attached hydrogens (tertiary/aromatic N) is 1. The molecule has 104 valence electrons. The molecule has 0 saturated carbocycles. The molecule has 5 nitrogen and oxygen atoms in total. The van der Waals surface area contributed by atoms with Gasteiger partial charge in [-0.3, -0.25) is 9.59 Å². The van der Waals surface area contributed by atoms with Crippen molar-refractivity contribution in [2.75, 3.05) is 19.6 Å². The Kier molecular flexibility index (Phi) is 5.14. The zero-order chi connectivity index (χ0) is 13.8. The van der Waals surface area contributed by atoms with E-state index in [1.165, 1.54) is 0 Å². The molecule has 1 aliphatic heterocycles. The maximum atomic E-state index is 12.1. The van der Waals surface area contributed by atoms with Crippen molar-refractivity contribution in [1.82, 2.24) is 15.5 Å². The second kappa shape index (κ2) is 6.18. The van der Waals surface area contributed by atoms with Crippen LogP contribution in [0.2, 0.25) is 0 Å². The van der Waals surface area contributed by atoms with Gasteiger partial charge in [-0.1, -0.05) is 0 Å². The Morgan fingerprint density at radius 3 is 2.44 bits per heavy atom. The number of nitrogens with one attached hydrogen (secondary N) is 2. The number of rotatable bonds is 5. The molecular formula is C13H25N3O2. The lowest BCUT2D eigenvalue weighted by Gasteiger charge is -2.28. The number of hydrogen-bond donors (Lipinski definition) is 2. The molecule has 1 saturated heterocycles. The van der Waals surface area contributed by atoms with E-state index in [1.807, 2.05) is 20.8 Å². The highest BCUT2D eigenvalue weighted by atomic mass is 16.2. The molecule has 1 rings (SSSR count). The summed E-state index contributed by atoms with van der Waals surface area (Å²) in [6.07, 6.45) is 1.83. The number of likely N-dealkylation sites (N-methyl/N-ethyl adjacent to an activating group) is 1. The van der Waals surface area contributed by atoms with Crippen molar-refractivity contribution >= 4 is 11.8 Å². The second-order valence-electron chi connectivity index (χ2n) is 5.07. The lowest BCUT2D eigenvalue weighted by Crippen LogP contribution is -2.56. The third-order valence-corrected chi connectivity index (χ3v) is 3.66. The molecule has 0 radical (unpaired) electrons. The highest BCUT2D eigenvalue weighted by Crippen LogP contribution is 2.18. The van der Waals surface area contributed by atoms with E-state index in [0.29, 0.717) is 13.1 Å². The van der Waals surface area contributed by atoms with Crippen molar-refractivity contribution in [3.05, 3.63) is 0 Å². The molecule has 0 aromatic rings. The van der Waals surface area contributed by atoms with Crippen LogP contribution in [0, 0.1) is 0 Å². The van der Waals surface area contributed by atoms with Gasteiger partial charge in [0.25, 0.3) is 0 Å². The van der Waals surface area contributed by atoms with E-state index in [1.54, 1.807) is 11.8 Å². The molecule has 0 bridgehead atoms. The zero-order valence-electron chi connectivity index (χ0n) is 11.9. The fourth-order valence-electron chi connectivity index (χ4n) is 2.32.